The van der Waals surface area contributed by atoms with Crippen LogP contribution in [0.2, 0.25) is 0 Å². The normalized spacial score (nSPS) is 12.2. The number of likely N-dealkylation sites (N-methyl/N-ethyl adjacent to an activating group) is 1. The van der Waals surface area contributed by atoms with Gasteiger partial charge in [-0.2, -0.15) is 5.10 Å². The van der Waals surface area contributed by atoms with Crippen LogP contribution in [0.15, 0.2) is 11.1 Å². The van der Waals surface area contributed by atoms with E-state index in [0.717, 1.165) is 13.0 Å². The largest absolute Gasteiger partial charge is 0.383 e. The molecule has 122 valence electrons. The Morgan fingerprint density at radius 3 is 2.81 bits per heavy atom. The van der Waals surface area contributed by atoms with E-state index in [4.69, 9.17) is 10.5 Å². The maximum absolute atomic E-state index is 12.2. The summed E-state index contributed by atoms with van der Waals surface area (Å²) in [5.41, 5.74) is 5.68. The maximum Gasteiger partial charge on any atom is 0.245 e. The summed E-state index contributed by atoms with van der Waals surface area (Å²) in [6, 6.07) is 0. The van der Waals surface area contributed by atoms with Gasteiger partial charge in [0, 0.05) is 39.5 Å². The molecule has 0 aliphatic carbocycles. The Bertz CT molecular complexity index is 529. The van der Waals surface area contributed by atoms with Crippen LogP contribution >= 0.6 is 0 Å². The lowest BCUT2D eigenvalue weighted by atomic mass is 10.5. The van der Waals surface area contributed by atoms with Crippen molar-refractivity contribution in [3.8, 4) is 0 Å². The molecule has 0 spiro atoms. The number of anilines is 1. The molecule has 0 aliphatic rings. The molecule has 0 unspecified atom stereocenters. The first-order valence-corrected chi connectivity index (χ1v) is 8.39. The van der Waals surface area contributed by atoms with Crippen molar-refractivity contribution in [2.24, 2.45) is 0 Å². The van der Waals surface area contributed by atoms with E-state index in [9.17, 15) is 8.42 Å². The minimum atomic E-state index is -3.62. The summed E-state index contributed by atoms with van der Waals surface area (Å²) in [6.45, 7) is 4.88. The third-order valence-corrected chi connectivity index (χ3v) is 4.44. The molecule has 0 bridgehead atoms. The van der Waals surface area contributed by atoms with Gasteiger partial charge in [-0.15, -0.1) is 0 Å². The average Bonchev–Trinajstić information content (AvgIpc) is 2.78. The molecule has 0 amide bonds. The lowest BCUT2D eigenvalue weighted by molar-refractivity contribution is 0.162. The van der Waals surface area contributed by atoms with E-state index >= 15 is 0 Å². The summed E-state index contributed by atoms with van der Waals surface area (Å²) in [4.78, 5) is 2.02. The molecule has 0 aromatic carbocycles. The third kappa shape index (κ3) is 5.62. The summed E-state index contributed by atoms with van der Waals surface area (Å²) in [6.07, 6.45) is 2.33. The van der Waals surface area contributed by atoms with Crippen molar-refractivity contribution >= 4 is 15.8 Å². The van der Waals surface area contributed by atoms with E-state index in [0.29, 0.717) is 26.2 Å². The van der Waals surface area contributed by atoms with Crippen LogP contribution in [0.4, 0.5) is 5.82 Å². The van der Waals surface area contributed by atoms with Gasteiger partial charge in [-0.3, -0.25) is 4.68 Å². The maximum atomic E-state index is 12.2. The number of methoxy groups -OCH3 is 1. The highest BCUT2D eigenvalue weighted by molar-refractivity contribution is 7.89. The van der Waals surface area contributed by atoms with Crippen molar-refractivity contribution in [2.75, 3.05) is 46.1 Å². The molecule has 1 aromatic heterocycles. The van der Waals surface area contributed by atoms with Crippen molar-refractivity contribution in [3.63, 3.8) is 0 Å². The number of rotatable bonds is 10. The van der Waals surface area contributed by atoms with Gasteiger partial charge in [-0.05, 0) is 13.5 Å². The van der Waals surface area contributed by atoms with Crippen LogP contribution in [-0.4, -0.2) is 63.5 Å². The summed E-state index contributed by atoms with van der Waals surface area (Å²) in [7, 11) is -0.0849. The predicted molar refractivity (Wildman–Crippen MR) is 81.5 cm³/mol. The van der Waals surface area contributed by atoms with E-state index in [1.165, 1.54) is 6.20 Å². The van der Waals surface area contributed by atoms with E-state index in [1.807, 2.05) is 18.9 Å². The second-order valence-corrected chi connectivity index (χ2v) is 6.57. The van der Waals surface area contributed by atoms with Gasteiger partial charge in [0.15, 0.2) is 5.82 Å². The number of nitrogens with zero attached hydrogens (tertiary/aromatic N) is 3. The lowest BCUT2D eigenvalue weighted by Gasteiger charge is -2.16. The number of nitrogens with one attached hydrogen (secondary N) is 1. The minimum absolute atomic E-state index is 0.0312. The fraction of sp³-hybridized carbons (Fsp3) is 0.750. The van der Waals surface area contributed by atoms with Crippen LogP contribution in [0.25, 0.3) is 0 Å². The molecule has 1 rings (SSSR count). The smallest absolute Gasteiger partial charge is 0.245 e. The SMILES string of the molecule is CCCn1cc(S(=O)(=O)NCCN(C)CCOC)c(N)n1. The van der Waals surface area contributed by atoms with Gasteiger partial charge in [-0.1, -0.05) is 6.92 Å². The van der Waals surface area contributed by atoms with E-state index in [1.54, 1.807) is 11.8 Å². The van der Waals surface area contributed by atoms with Crippen LogP contribution in [0.3, 0.4) is 0 Å². The number of aromatic nitrogens is 2. The molecule has 21 heavy (non-hydrogen) atoms. The zero-order valence-electron chi connectivity index (χ0n) is 12.9. The second-order valence-electron chi connectivity index (χ2n) is 4.84. The molecular formula is C12H25N5O3S. The van der Waals surface area contributed by atoms with E-state index in [2.05, 4.69) is 9.82 Å². The highest BCUT2D eigenvalue weighted by Gasteiger charge is 2.20. The van der Waals surface area contributed by atoms with Gasteiger partial charge in [-0.25, -0.2) is 13.1 Å². The highest BCUT2D eigenvalue weighted by atomic mass is 32.2. The van der Waals surface area contributed by atoms with Gasteiger partial charge in [0.2, 0.25) is 10.0 Å². The molecule has 3 N–H and O–H groups in total. The van der Waals surface area contributed by atoms with Crippen LogP contribution in [0.5, 0.6) is 0 Å². The van der Waals surface area contributed by atoms with Crippen molar-refractivity contribution in [1.82, 2.24) is 19.4 Å². The first-order valence-electron chi connectivity index (χ1n) is 6.90. The number of nitrogens with two attached hydrogens (primary N) is 1. The quantitative estimate of drug-likeness (QED) is 0.615. The topological polar surface area (TPSA) is 102 Å². The number of hydrogen-bond acceptors (Lipinski definition) is 6. The van der Waals surface area contributed by atoms with Gasteiger partial charge in [0.1, 0.15) is 4.90 Å². The third-order valence-electron chi connectivity index (χ3n) is 2.96. The van der Waals surface area contributed by atoms with Crippen LogP contribution in [0.1, 0.15) is 13.3 Å². The van der Waals surface area contributed by atoms with Crippen molar-refractivity contribution in [1.29, 1.82) is 0 Å². The Morgan fingerprint density at radius 1 is 1.48 bits per heavy atom. The zero-order valence-corrected chi connectivity index (χ0v) is 13.7. The average molecular weight is 319 g/mol. The first kappa shape index (κ1) is 17.9. The Balaban J connectivity index is 2.57. The summed E-state index contributed by atoms with van der Waals surface area (Å²) in [5.74, 6) is 0.0312. The molecule has 0 atom stereocenters. The Labute approximate surface area is 126 Å². The molecule has 1 aromatic rings. The molecule has 9 heteroatoms. The fourth-order valence-electron chi connectivity index (χ4n) is 1.78. The number of sulfonamides is 1. The summed E-state index contributed by atoms with van der Waals surface area (Å²) < 4.78 is 33.4. The molecular weight excluding hydrogens is 294 g/mol. The molecule has 8 nitrogen and oxygen atoms in total. The fourth-order valence-corrected chi connectivity index (χ4v) is 2.87. The zero-order chi connectivity index (χ0) is 15.9. The van der Waals surface area contributed by atoms with E-state index < -0.39 is 10.0 Å². The predicted octanol–water partition coefficient (Wildman–Crippen LogP) is -0.268. The second kappa shape index (κ2) is 8.32. The van der Waals surface area contributed by atoms with Crippen LogP contribution < -0.4 is 10.5 Å². The monoisotopic (exact) mass is 319 g/mol. The van der Waals surface area contributed by atoms with Crippen LogP contribution in [0, 0.1) is 0 Å². The lowest BCUT2D eigenvalue weighted by Crippen LogP contribution is -2.34. The minimum Gasteiger partial charge on any atom is -0.383 e. The molecule has 0 fully saturated rings. The number of nitrogen functional groups attached to an aromatic ring is 1. The van der Waals surface area contributed by atoms with Crippen molar-refractivity contribution in [3.05, 3.63) is 6.20 Å². The Kier molecular flexibility index (Phi) is 7.09. The molecule has 0 aliphatic heterocycles. The number of aryl methyl sites for hydroxylation is 1. The van der Waals surface area contributed by atoms with Crippen molar-refractivity contribution < 1.29 is 13.2 Å². The molecule has 0 saturated carbocycles. The van der Waals surface area contributed by atoms with Crippen molar-refractivity contribution in [2.45, 2.75) is 24.8 Å². The van der Waals surface area contributed by atoms with E-state index in [-0.39, 0.29) is 10.7 Å². The Hall–Kier alpha value is -1.16. The molecule has 1 heterocycles. The summed E-state index contributed by atoms with van der Waals surface area (Å²) in [5, 5.41) is 4.00. The van der Waals surface area contributed by atoms with Gasteiger partial charge < -0.3 is 15.4 Å². The highest BCUT2D eigenvalue weighted by Crippen LogP contribution is 2.15. The van der Waals surface area contributed by atoms with Gasteiger partial charge in [0.05, 0.1) is 6.61 Å². The molecule has 0 radical (unpaired) electrons. The number of hydrogen-bond donors (Lipinski definition) is 2. The summed E-state index contributed by atoms with van der Waals surface area (Å²) >= 11 is 0. The first-order chi connectivity index (χ1) is 9.90. The number of ether oxygens (including phenoxy) is 1. The molecule has 0 saturated heterocycles. The van der Waals surface area contributed by atoms with Gasteiger partial charge >= 0.3 is 0 Å². The van der Waals surface area contributed by atoms with Crippen LogP contribution in [-0.2, 0) is 21.3 Å². The Morgan fingerprint density at radius 2 is 2.19 bits per heavy atom. The van der Waals surface area contributed by atoms with Gasteiger partial charge in [0.25, 0.3) is 0 Å². The standard InChI is InChI=1S/C12H25N5O3S/c1-4-6-17-10-11(12(13)15-17)21(18,19)14-5-7-16(2)8-9-20-3/h10,14H,4-9H2,1-3H3,(H2,13,15).